The first-order chi connectivity index (χ1) is 17.1. The van der Waals surface area contributed by atoms with Crippen LogP contribution in [0.3, 0.4) is 0 Å². The molecule has 35 heavy (non-hydrogen) atoms. The average molecular weight is 471 g/mol. The fourth-order valence-corrected chi connectivity index (χ4v) is 5.52. The molecule has 1 aromatic carbocycles. The first kappa shape index (κ1) is 20.3. The van der Waals surface area contributed by atoms with Crippen molar-refractivity contribution in [2.45, 2.75) is 12.5 Å². The Morgan fingerprint density at radius 1 is 1.17 bits per heavy atom. The summed E-state index contributed by atoms with van der Waals surface area (Å²) in [5.74, 6) is 1.87. The van der Waals surface area contributed by atoms with Crippen LogP contribution in [0.2, 0.25) is 0 Å². The molecule has 0 bridgehead atoms. The molecule has 0 amide bonds. The standard InChI is InChI=1S/C25H23FN8O/c1-28-20-7-13(26)6-15-21-23(31-22(15)20)32-25(33-24(21)34-10-12-5-17(27)16(12)11-34)35-14-8-19-18(30-9-14)3-2-4-29-19/h2-4,6-9,12,16-17,28H,5,10-11,27H2,1H3,(H,31,32,33). The van der Waals surface area contributed by atoms with E-state index in [1.54, 1.807) is 19.4 Å². The van der Waals surface area contributed by atoms with Gasteiger partial charge in [-0.05, 0) is 42.5 Å². The summed E-state index contributed by atoms with van der Waals surface area (Å²) >= 11 is 0. The highest BCUT2D eigenvalue weighted by atomic mass is 19.1. The number of nitrogens with two attached hydrogens (primary N) is 1. The van der Waals surface area contributed by atoms with Gasteiger partial charge in [0.2, 0.25) is 0 Å². The van der Waals surface area contributed by atoms with Gasteiger partial charge in [-0.2, -0.15) is 9.97 Å². The van der Waals surface area contributed by atoms with Gasteiger partial charge in [-0.1, -0.05) is 0 Å². The van der Waals surface area contributed by atoms with Crippen molar-refractivity contribution in [3.8, 4) is 11.8 Å². The number of fused-ring (bicyclic) bond motifs is 5. The number of hydrogen-bond donors (Lipinski definition) is 3. The zero-order valence-electron chi connectivity index (χ0n) is 19.0. The second-order valence-electron chi connectivity index (χ2n) is 9.35. The second-order valence-corrected chi connectivity index (χ2v) is 9.35. The monoisotopic (exact) mass is 470 g/mol. The largest absolute Gasteiger partial charge is 0.422 e. The zero-order chi connectivity index (χ0) is 23.7. The van der Waals surface area contributed by atoms with E-state index in [2.05, 4.69) is 30.2 Å². The van der Waals surface area contributed by atoms with E-state index in [0.717, 1.165) is 52.7 Å². The van der Waals surface area contributed by atoms with Crippen LogP contribution in [0.4, 0.5) is 15.9 Å². The maximum Gasteiger partial charge on any atom is 0.326 e. The van der Waals surface area contributed by atoms with Crippen molar-refractivity contribution >= 4 is 44.5 Å². The summed E-state index contributed by atoms with van der Waals surface area (Å²) in [6.45, 7) is 1.66. The zero-order valence-corrected chi connectivity index (χ0v) is 19.0. The first-order valence-electron chi connectivity index (χ1n) is 11.7. The Bertz CT molecular complexity index is 1620. The molecule has 1 saturated heterocycles. The number of pyridine rings is 2. The number of ether oxygens (including phenoxy) is 1. The van der Waals surface area contributed by atoms with Gasteiger partial charge >= 0.3 is 6.01 Å². The van der Waals surface area contributed by atoms with Crippen molar-refractivity contribution in [3.05, 3.63) is 48.5 Å². The summed E-state index contributed by atoms with van der Waals surface area (Å²) in [5.41, 5.74) is 9.76. The molecule has 4 aromatic heterocycles. The fourth-order valence-electron chi connectivity index (χ4n) is 5.52. The van der Waals surface area contributed by atoms with E-state index in [0.29, 0.717) is 28.9 Å². The molecule has 3 unspecified atom stereocenters. The van der Waals surface area contributed by atoms with Crippen LogP contribution in [-0.4, -0.2) is 51.1 Å². The van der Waals surface area contributed by atoms with E-state index in [1.807, 2.05) is 18.2 Å². The number of rotatable bonds is 4. The van der Waals surface area contributed by atoms with E-state index in [1.165, 1.54) is 12.1 Å². The Morgan fingerprint density at radius 3 is 2.91 bits per heavy atom. The third-order valence-corrected chi connectivity index (χ3v) is 7.31. The van der Waals surface area contributed by atoms with Crippen LogP contribution >= 0.6 is 0 Å². The van der Waals surface area contributed by atoms with E-state index < -0.39 is 0 Å². The van der Waals surface area contributed by atoms with Crippen LogP contribution in [0.15, 0.2) is 42.7 Å². The quantitative estimate of drug-likeness (QED) is 0.363. The Balaban J connectivity index is 1.39. The van der Waals surface area contributed by atoms with Gasteiger partial charge in [-0.15, -0.1) is 0 Å². The van der Waals surface area contributed by atoms with E-state index >= 15 is 0 Å². The third-order valence-electron chi connectivity index (χ3n) is 7.31. The van der Waals surface area contributed by atoms with Crippen LogP contribution in [0.1, 0.15) is 6.42 Å². The van der Waals surface area contributed by atoms with Crippen molar-refractivity contribution in [2.75, 3.05) is 30.4 Å². The van der Waals surface area contributed by atoms with E-state index in [4.69, 9.17) is 15.5 Å². The summed E-state index contributed by atoms with van der Waals surface area (Å²) < 4.78 is 20.6. The lowest BCUT2D eigenvalue weighted by Crippen LogP contribution is -2.46. The number of benzene rings is 1. The van der Waals surface area contributed by atoms with E-state index in [-0.39, 0.29) is 17.9 Å². The Labute approximate surface area is 199 Å². The minimum atomic E-state index is -0.327. The van der Waals surface area contributed by atoms with Gasteiger partial charge in [0.15, 0.2) is 5.75 Å². The predicted octanol–water partition coefficient (Wildman–Crippen LogP) is 3.81. The van der Waals surface area contributed by atoms with Crippen molar-refractivity contribution in [1.29, 1.82) is 0 Å². The number of halogens is 1. The minimum Gasteiger partial charge on any atom is -0.422 e. The second kappa shape index (κ2) is 7.47. The molecule has 5 heterocycles. The van der Waals surface area contributed by atoms with Crippen molar-refractivity contribution in [2.24, 2.45) is 17.6 Å². The van der Waals surface area contributed by atoms with Gasteiger partial charge in [0.05, 0.1) is 33.8 Å². The van der Waals surface area contributed by atoms with Crippen LogP contribution in [0, 0.1) is 17.7 Å². The minimum absolute atomic E-state index is 0.186. The Morgan fingerprint density at radius 2 is 2.09 bits per heavy atom. The van der Waals surface area contributed by atoms with Gasteiger partial charge in [0.1, 0.15) is 17.3 Å². The van der Waals surface area contributed by atoms with Crippen molar-refractivity contribution < 1.29 is 9.13 Å². The van der Waals surface area contributed by atoms with Crippen LogP contribution in [-0.2, 0) is 0 Å². The van der Waals surface area contributed by atoms with Gasteiger partial charge in [-0.25, -0.2) is 4.39 Å². The molecule has 2 aliphatic rings. The van der Waals surface area contributed by atoms with Gasteiger partial charge in [0.25, 0.3) is 0 Å². The number of aromatic amines is 1. The molecule has 1 aliphatic carbocycles. The Kier molecular flexibility index (Phi) is 4.34. The molecule has 10 heteroatoms. The molecule has 5 aromatic rings. The molecule has 4 N–H and O–H groups in total. The summed E-state index contributed by atoms with van der Waals surface area (Å²) in [6.07, 6.45) is 4.36. The number of nitrogens with zero attached hydrogens (tertiary/aromatic N) is 5. The lowest BCUT2D eigenvalue weighted by Gasteiger charge is -2.36. The van der Waals surface area contributed by atoms with Gasteiger partial charge in [-0.3, -0.25) is 9.97 Å². The highest BCUT2D eigenvalue weighted by molar-refractivity contribution is 6.14. The van der Waals surface area contributed by atoms with Crippen LogP contribution in [0.25, 0.3) is 33.0 Å². The first-order valence-corrected chi connectivity index (χ1v) is 11.7. The number of hydrogen-bond acceptors (Lipinski definition) is 8. The van der Waals surface area contributed by atoms with E-state index in [9.17, 15) is 4.39 Å². The summed E-state index contributed by atoms with van der Waals surface area (Å²) in [5, 5.41) is 4.57. The number of aromatic nitrogens is 5. The average Bonchev–Trinajstić information content (AvgIpc) is 3.40. The fraction of sp³-hybridized carbons (Fsp3) is 0.280. The third kappa shape index (κ3) is 3.17. The molecule has 2 fully saturated rings. The lowest BCUT2D eigenvalue weighted by atomic mass is 9.72. The molecule has 1 aliphatic heterocycles. The summed E-state index contributed by atoms with van der Waals surface area (Å²) in [7, 11) is 1.77. The van der Waals surface area contributed by atoms with Crippen LogP contribution in [0.5, 0.6) is 11.8 Å². The molecule has 3 atom stereocenters. The molecule has 9 nitrogen and oxygen atoms in total. The molecule has 0 radical (unpaired) electrons. The number of H-pyrrole nitrogens is 1. The highest BCUT2D eigenvalue weighted by Crippen LogP contribution is 2.44. The smallest absolute Gasteiger partial charge is 0.326 e. The number of nitrogens with one attached hydrogen (secondary N) is 2. The summed E-state index contributed by atoms with van der Waals surface area (Å²) in [6, 6.07) is 8.93. The molecule has 0 spiro atoms. The molecule has 1 saturated carbocycles. The molecular formula is C25H23FN8O. The maximum absolute atomic E-state index is 14.5. The Hall–Kier alpha value is -4.05. The SMILES string of the molecule is CNc1cc(F)cc2c1[nH]c1nc(Oc3cnc4cccnc4c3)nc(N3CC4CC(N)C4C3)c12. The topological polar surface area (TPSA) is 118 Å². The van der Waals surface area contributed by atoms with Crippen LogP contribution < -0.4 is 20.7 Å². The summed E-state index contributed by atoms with van der Waals surface area (Å²) in [4.78, 5) is 23.8. The van der Waals surface area contributed by atoms with Crippen molar-refractivity contribution in [3.63, 3.8) is 0 Å². The normalized spacial score (nSPS) is 21.5. The lowest BCUT2D eigenvalue weighted by molar-refractivity contribution is 0.194. The highest BCUT2D eigenvalue weighted by Gasteiger charge is 2.46. The molecule has 176 valence electrons. The van der Waals surface area contributed by atoms with Gasteiger partial charge < -0.3 is 25.7 Å². The number of anilines is 2. The molecule has 7 rings (SSSR count). The van der Waals surface area contributed by atoms with Crippen molar-refractivity contribution in [1.82, 2.24) is 24.9 Å². The predicted molar refractivity (Wildman–Crippen MR) is 132 cm³/mol. The molecular weight excluding hydrogens is 447 g/mol. The maximum atomic E-state index is 14.5. The van der Waals surface area contributed by atoms with Gasteiger partial charge in [0, 0.05) is 43.8 Å².